The number of nitrogens with one attached hydrogen (secondary N) is 1. The minimum Gasteiger partial charge on any atom is -0.497 e. The first-order valence-electron chi connectivity index (χ1n) is 7.84. The van der Waals surface area contributed by atoms with Gasteiger partial charge in [-0.1, -0.05) is 19.1 Å². The van der Waals surface area contributed by atoms with E-state index in [9.17, 15) is 13.2 Å². The van der Waals surface area contributed by atoms with Crippen LogP contribution < -0.4 is 14.4 Å². The summed E-state index contributed by atoms with van der Waals surface area (Å²) in [5.41, 5.74) is 2.19. The number of benzene rings is 2. The van der Waals surface area contributed by atoms with Crippen molar-refractivity contribution in [3.05, 3.63) is 54.1 Å². The standard InChI is InChI=1S/C18H22N2O4S/c1-4-14-5-7-15(8-6-14)19-18(21)13-20(25(3,22)23)16-9-11-17(24-2)12-10-16/h5-12H,4,13H2,1-3H3,(H,19,21). The van der Waals surface area contributed by atoms with Crippen LogP contribution in [0.15, 0.2) is 48.5 Å². The van der Waals surface area contributed by atoms with Crippen molar-refractivity contribution in [2.45, 2.75) is 13.3 Å². The molecule has 2 aromatic rings. The summed E-state index contributed by atoms with van der Waals surface area (Å²) in [7, 11) is -2.08. The molecule has 0 heterocycles. The Bertz CT molecular complexity index is 815. The summed E-state index contributed by atoms with van der Waals surface area (Å²) < 4.78 is 30.3. The van der Waals surface area contributed by atoms with Crippen LogP contribution in [0.3, 0.4) is 0 Å². The number of carbonyl (C=O) groups is 1. The molecule has 1 amide bonds. The predicted molar refractivity (Wildman–Crippen MR) is 99.6 cm³/mol. The third kappa shape index (κ3) is 5.22. The lowest BCUT2D eigenvalue weighted by atomic mass is 10.1. The topological polar surface area (TPSA) is 75.7 Å². The zero-order chi connectivity index (χ0) is 18.4. The fourth-order valence-electron chi connectivity index (χ4n) is 2.30. The van der Waals surface area contributed by atoms with Crippen LogP contribution in [0.4, 0.5) is 11.4 Å². The number of aryl methyl sites for hydroxylation is 1. The Morgan fingerprint density at radius 1 is 1.08 bits per heavy atom. The van der Waals surface area contributed by atoms with Crippen LogP contribution in [0.2, 0.25) is 0 Å². The van der Waals surface area contributed by atoms with Crippen LogP contribution in [0.1, 0.15) is 12.5 Å². The van der Waals surface area contributed by atoms with Gasteiger partial charge in [0.15, 0.2) is 0 Å². The molecule has 0 atom stereocenters. The van der Waals surface area contributed by atoms with E-state index >= 15 is 0 Å². The molecule has 0 saturated carbocycles. The monoisotopic (exact) mass is 362 g/mol. The van der Waals surface area contributed by atoms with Gasteiger partial charge in [-0.25, -0.2) is 8.42 Å². The molecule has 134 valence electrons. The maximum absolute atomic E-state index is 12.3. The molecule has 0 bridgehead atoms. The van der Waals surface area contributed by atoms with E-state index in [1.807, 2.05) is 19.1 Å². The number of nitrogens with zero attached hydrogens (tertiary/aromatic N) is 1. The fourth-order valence-corrected chi connectivity index (χ4v) is 3.16. The van der Waals surface area contributed by atoms with Crippen LogP contribution in [-0.2, 0) is 21.2 Å². The second-order valence-electron chi connectivity index (χ2n) is 5.57. The molecule has 0 saturated heterocycles. The molecule has 0 spiro atoms. The van der Waals surface area contributed by atoms with E-state index in [0.717, 1.165) is 22.5 Å². The van der Waals surface area contributed by atoms with E-state index in [-0.39, 0.29) is 6.54 Å². The first kappa shape index (κ1) is 18.8. The third-order valence-corrected chi connectivity index (χ3v) is 4.83. The lowest BCUT2D eigenvalue weighted by molar-refractivity contribution is -0.114. The summed E-state index contributed by atoms with van der Waals surface area (Å²) in [5.74, 6) is 0.197. The van der Waals surface area contributed by atoms with Crippen LogP contribution >= 0.6 is 0 Å². The number of ether oxygens (including phenoxy) is 1. The van der Waals surface area contributed by atoms with Gasteiger partial charge in [-0.05, 0) is 48.4 Å². The first-order chi connectivity index (χ1) is 11.8. The van der Waals surface area contributed by atoms with E-state index in [1.54, 1.807) is 36.4 Å². The summed E-state index contributed by atoms with van der Waals surface area (Å²) in [4.78, 5) is 12.3. The second kappa shape index (κ2) is 8.02. The number of hydrogen-bond acceptors (Lipinski definition) is 4. The van der Waals surface area contributed by atoms with Crippen molar-refractivity contribution < 1.29 is 17.9 Å². The van der Waals surface area contributed by atoms with E-state index in [0.29, 0.717) is 17.1 Å². The van der Waals surface area contributed by atoms with E-state index in [1.165, 1.54) is 7.11 Å². The Kier molecular flexibility index (Phi) is 6.03. The molecule has 0 aliphatic heterocycles. The summed E-state index contributed by atoms with van der Waals surface area (Å²) in [6, 6.07) is 13.9. The molecule has 1 N–H and O–H groups in total. The SMILES string of the molecule is CCc1ccc(NC(=O)CN(c2ccc(OC)cc2)S(C)(=O)=O)cc1. The van der Waals surface area contributed by atoms with Crippen molar-refractivity contribution in [1.82, 2.24) is 0 Å². The third-order valence-electron chi connectivity index (χ3n) is 3.69. The van der Waals surface area contributed by atoms with Crippen molar-refractivity contribution in [1.29, 1.82) is 0 Å². The molecule has 0 fully saturated rings. The molecule has 2 aromatic carbocycles. The summed E-state index contributed by atoms with van der Waals surface area (Å²) in [6.07, 6.45) is 1.98. The van der Waals surface area contributed by atoms with Crippen molar-refractivity contribution in [3.63, 3.8) is 0 Å². The van der Waals surface area contributed by atoms with E-state index in [2.05, 4.69) is 5.32 Å². The Morgan fingerprint density at radius 2 is 1.68 bits per heavy atom. The van der Waals surface area contributed by atoms with Crippen molar-refractivity contribution in [3.8, 4) is 5.75 Å². The van der Waals surface area contributed by atoms with E-state index in [4.69, 9.17) is 4.74 Å². The zero-order valence-electron chi connectivity index (χ0n) is 14.5. The van der Waals surface area contributed by atoms with Gasteiger partial charge in [-0.2, -0.15) is 0 Å². The Balaban J connectivity index is 2.14. The molecule has 0 aromatic heterocycles. The van der Waals surface area contributed by atoms with Gasteiger partial charge in [0.1, 0.15) is 12.3 Å². The lowest BCUT2D eigenvalue weighted by Crippen LogP contribution is -2.37. The predicted octanol–water partition coefficient (Wildman–Crippen LogP) is 2.66. The Labute approximate surface area is 148 Å². The van der Waals surface area contributed by atoms with Crippen LogP contribution in [0.5, 0.6) is 5.75 Å². The van der Waals surface area contributed by atoms with Crippen LogP contribution in [0.25, 0.3) is 0 Å². The highest BCUT2D eigenvalue weighted by molar-refractivity contribution is 7.92. The highest BCUT2D eigenvalue weighted by Crippen LogP contribution is 2.21. The number of methoxy groups -OCH3 is 1. The maximum atomic E-state index is 12.3. The average Bonchev–Trinajstić information content (AvgIpc) is 2.59. The molecular formula is C18H22N2O4S. The van der Waals surface area contributed by atoms with Gasteiger partial charge in [0.05, 0.1) is 19.1 Å². The summed E-state index contributed by atoms with van der Waals surface area (Å²) >= 11 is 0. The largest absolute Gasteiger partial charge is 0.497 e. The van der Waals surface area contributed by atoms with Gasteiger partial charge in [-0.15, -0.1) is 0 Å². The van der Waals surface area contributed by atoms with Crippen LogP contribution in [-0.4, -0.2) is 34.2 Å². The number of sulfonamides is 1. The highest BCUT2D eigenvalue weighted by Gasteiger charge is 2.21. The van der Waals surface area contributed by atoms with Gasteiger partial charge in [0.2, 0.25) is 15.9 Å². The molecule has 7 heteroatoms. The van der Waals surface area contributed by atoms with Crippen molar-refractivity contribution in [2.24, 2.45) is 0 Å². The van der Waals surface area contributed by atoms with Crippen molar-refractivity contribution >= 4 is 27.3 Å². The Morgan fingerprint density at radius 3 is 2.16 bits per heavy atom. The lowest BCUT2D eigenvalue weighted by Gasteiger charge is -2.22. The molecule has 0 aliphatic carbocycles. The molecule has 25 heavy (non-hydrogen) atoms. The highest BCUT2D eigenvalue weighted by atomic mass is 32.2. The number of hydrogen-bond donors (Lipinski definition) is 1. The minimum absolute atomic E-state index is 0.305. The quantitative estimate of drug-likeness (QED) is 0.822. The summed E-state index contributed by atoms with van der Waals surface area (Å²) in [6.45, 7) is 1.74. The van der Waals surface area contributed by atoms with Gasteiger partial charge < -0.3 is 10.1 Å². The molecular weight excluding hydrogens is 340 g/mol. The zero-order valence-corrected chi connectivity index (χ0v) is 15.3. The number of amides is 1. The average molecular weight is 362 g/mol. The Hall–Kier alpha value is -2.54. The van der Waals surface area contributed by atoms with Crippen molar-refractivity contribution in [2.75, 3.05) is 29.5 Å². The maximum Gasteiger partial charge on any atom is 0.245 e. The normalized spacial score (nSPS) is 11.0. The first-order valence-corrected chi connectivity index (χ1v) is 9.69. The number of anilines is 2. The molecule has 0 aliphatic rings. The molecule has 2 rings (SSSR count). The second-order valence-corrected chi connectivity index (χ2v) is 7.47. The van der Waals surface area contributed by atoms with Gasteiger partial charge in [-0.3, -0.25) is 9.10 Å². The van der Waals surface area contributed by atoms with Gasteiger partial charge >= 0.3 is 0 Å². The number of rotatable bonds is 7. The fraction of sp³-hybridized carbons (Fsp3) is 0.278. The molecule has 6 nitrogen and oxygen atoms in total. The number of carbonyl (C=O) groups excluding carboxylic acids is 1. The van der Waals surface area contributed by atoms with Gasteiger partial charge in [0.25, 0.3) is 0 Å². The van der Waals surface area contributed by atoms with Gasteiger partial charge in [0, 0.05) is 5.69 Å². The molecule has 0 radical (unpaired) electrons. The van der Waals surface area contributed by atoms with Crippen LogP contribution in [0, 0.1) is 0 Å². The smallest absolute Gasteiger partial charge is 0.245 e. The minimum atomic E-state index is -3.60. The summed E-state index contributed by atoms with van der Waals surface area (Å²) in [5, 5.41) is 2.72. The van der Waals surface area contributed by atoms with E-state index < -0.39 is 15.9 Å². The molecule has 0 unspecified atom stereocenters.